The normalized spacial score (nSPS) is 11.3. The summed E-state index contributed by atoms with van der Waals surface area (Å²) in [6, 6.07) is 3.13. The molecule has 14 heavy (non-hydrogen) atoms. The summed E-state index contributed by atoms with van der Waals surface area (Å²) in [4.78, 5) is 22.1. The minimum atomic E-state index is -1.86. The summed E-state index contributed by atoms with van der Waals surface area (Å²) in [5.41, 5.74) is -1.86. The van der Waals surface area contributed by atoms with Gasteiger partial charge in [-0.25, -0.2) is 0 Å². The molecule has 1 rings (SSSR count). The number of carbonyl (C=O) groups is 2. The third-order valence-corrected chi connectivity index (χ3v) is 3.77. The fraction of sp³-hybridized carbons (Fsp3) is 0.250. The van der Waals surface area contributed by atoms with Gasteiger partial charge in [-0.3, -0.25) is 9.59 Å². The van der Waals surface area contributed by atoms with Gasteiger partial charge in [0.05, 0.1) is 3.79 Å². The van der Waals surface area contributed by atoms with E-state index < -0.39 is 17.4 Å². The second-order valence-corrected chi connectivity index (χ2v) is 5.30. The van der Waals surface area contributed by atoms with Crippen LogP contribution in [0.2, 0.25) is 0 Å². The fourth-order valence-electron chi connectivity index (χ4n) is 0.885. The highest BCUT2D eigenvalue weighted by molar-refractivity contribution is 9.11. The zero-order chi connectivity index (χ0) is 10.9. The van der Waals surface area contributed by atoms with Gasteiger partial charge >= 0.3 is 11.9 Å². The van der Waals surface area contributed by atoms with Gasteiger partial charge in [0, 0.05) is 4.88 Å². The van der Waals surface area contributed by atoms with Crippen LogP contribution in [0.3, 0.4) is 0 Å². The zero-order valence-electron chi connectivity index (χ0n) is 7.15. The highest BCUT2D eigenvalue weighted by atomic mass is 79.9. The molecule has 0 atom stereocenters. The molecule has 0 aromatic carbocycles. The van der Waals surface area contributed by atoms with E-state index in [2.05, 4.69) is 15.9 Å². The molecular formula is C8H7BrO4S. The summed E-state index contributed by atoms with van der Waals surface area (Å²) in [6.07, 6.45) is 0. The lowest BCUT2D eigenvalue weighted by atomic mass is 9.89. The number of aliphatic carboxylic acids is 2. The molecule has 0 bridgehead atoms. The van der Waals surface area contributed by atoms with Gasteiger partial charge in [-0.2, -0.15) is 0 Å². The van der Waals surface area contributed by atoms with Crippen LogP contribution in [-0.4, -0.2) is 22.2 Å². The molecule has 0 amide bonds. The molecule has 1 aromatic heterocycles. The maximum atomic E-state index is 10.9. The quantitative estimate of drug-likeness (QED) is 0.829. The van der Waals surface area contributed by atoms with E-state index >= 15 is 0 Å². The molecule has 2 N–H and O–H groups in total. The predicted molar refractivity (Wildman–Crippen MR) is 54.6 cm³/mol. The third-order valence-electron chi connectivity index (χ3n) is 1.92. The molecule has 0 aliphatic rings. The number of rotatable bonds is 3. The average molecular weight is 279 g/mol. The minimum absolute atomic E-state index is 0.296. The molecule has 0 aliphatic heterocycles. The number of hydrogen-bond acceptors (Lipinski definition) is 3. The smallest absolute Gasteiger partial charge is 0.326 e. The van der Waals surface area contributed by atoms with Gasteiger partial charge in [0.1, 0.15) is 0 Å². The van der Waals surface area contributed by atoms with Crippen molar-refractivity contribution in [3.63, 3.8) is 0 Å². The van der Waals surface area contributed by atoms with Gasteiger partial charge in [0.15, 0.2) is 5.41 Å². The monoisotopic (exact) mass is 278 g/mol. The van der Waals surface area contributed by atoms with Crippen LogP contribution in [0.1, 0.15) is 11.8 Å². The lowest BCUT2D eigenvalue weighted by Gasteiger charge is -2.17. The van der Waals surface area contributed by atoms with Crippen LogP contribution in [0, 0.1) is 0 Å². The first-order valence-electron chi connectivity index (χ1n) is 3.61. The topological polar surface area (TPSA) is 74.6 Å². The highest BCUT2D eigenvalue weighted by Gasteiger charge is 2.44. The van der Waals surface area contributed by atoms with Crippen molar-refractivity contribution in [1.29, 1.82) is 0 Å². The van der Waals surface area contributed by atoms with Crippen LogP contribution >= 0.6 is 27.3 Å². The van der Waals surface area contributed by atoms with Gasteiger partial charge in [0.25, 0.3) is 0 Å². The molecule has 76 valence electrons. The number of carboxylic acids is 2. The number of hydrogen-bond donors (Lipinski definition) is 2. The van der Waals surface area contributed by atoms with Gasteiger partial charge < -0.3 is 10.2 Å². The second kappa shape index (κ2) is 3.70. The summed E-state index contributed by atoms with van der Waals surface area (Å²) in [5.74, 6) is -2.72. The average Bonchev–Trinajstić information content (AvgIpc) is 2.49. The molecule has 0 saturated carbocycles. The Labute approximate surface area is 92.3 Å². The first-order chi connectivity index (χ1) is 6.39. The first-order valence-corrected chi connectivity index (χ1v) is 5.22. The Bertz CT molecular complexity index is 370. The second-order valence-electron chi connectivity index (χ2n) is 2.84. The van der Waals surface area contributed by atoms with E-state index in [0.717, 1.165) is 11.3 Å². The fourth-order valence-corrected chi connectivity index (χ4v) is 2.40. The van der Waals surface area contributed by atoms with Crippen molar-refractivity contribution < 1.29 is 19.8 Å². The van der Waals surface area contributed by atoms with Crippen molar-refractivity contribution in [1.82, 2.24) is 0 Å². The maximum absolute atomic E-state index is 10.9. The summed E-state index contributed by atoms with van der Waals surface area (Å²) in [6.45, 7) is 1.18. The van der Waals surface area contributed by atoms with E-state index in [1.54, 1.807) is 6.07 Å². The Morgan fingerprint density at radius 1 is 1.36 bits per heavy atom. The summed E-state index contributed by atoms with van der Waals surface area (Å²) < 4.78 is 0.709. The van der Waals surface area contributed by atoms with Crippen LogP contribution in [-0.2, 0) is 15.0 Å². The van der Waals surface area contributed by atoms with E-state index in [9.17, 15) is 9.59 Å². The van der Waals surface area contributed by atoms with E-state index in [-0.39, 0.29) is 0 Å². The molecule has 0 spiro atoms. The molecule has 0 unspecified atom stereocenters. The van der Waals surface area contributed by atoms with Crippen molar-refractivity contribution in [2.75, 3.05) is 0 Å². The summed E-state index contributed by atoms with van der Waals surface area (Å²) >= 11 is 4.26. The third kappa shape index (κ3) is 1.67. The van der Waals surface area contributed by atoms with Gasteiger partial charge in [0.2, 0.25) is 0 Å². The molecule has 0 radical (unpaired) electrons. The van der Waals surface area contributed by atoms with Gasteiger partial charge in [-0.15, -0.1) is 11.3 Å². The van der Waals surface area contributed by atoms with E-state index in [1.807, 2.05) is 0 Å². The highest BCUT2D eigenvalue weighted by Crippen LogP contribution is 2.33. The van der Waals surface area contributed by atoms with Crippen molar-refractivity contribution in [3.8, 4) is 0 Å². The Balaban J connectivity index is 3.26. The molecule has 4 nitrogen and oxygen atoms in total. The number of halogens is 1. The minimum Gasteiger partial charge on any atom is -0.480 e. The van der Waals surface area contributed by atoms with Gasteiger partial charge in [-0.1, -0.05) is 0 Å². The number of carboxylic acid groups (broad SMARTS) is 2. The lowest BCUT2D eigenvalue weighted by Crippen LogP contribution is -2.39. The van der Waals surface area contributed by atoms with Crippen molar-refractivity contribution in [2.24, 2.45) is 0 Å². The Hall–Kier alpha value is -0.880. The Morgan fingerprint density at radius 3 is 2.14 bits per heavy atom. The molecule has 0 aliphatic carbocycles. The van der Waals surface area contributed by atoms with Crippen LogP contribution in [0.25, 0.3) is 0 Å². The van der Waals surface area contributed by atoms with Crippen LogP contribution in [0.4, 0.5) is 0 Å². The Morgan fingerprint density at radius 2 is 1.86 bits per heavy atom. The van der Waals surface area contributed by atoms with Gasteiger partial charge in [-0.05, 0) is 35.0 Å². The molecular weight excluding hydrogens is 272 g/mol. The largest absolute Gasteiger partial charge is 0.480 e. The Kier molecular flexibility index (Phi) is 2.96. The van der Waals surface area contributed by atoms with Crippen LogP contribution < -0.4 is 0 Å². The van der Waals surface area contributed by atoms with E-state index in [0.29, 0.717) is 8.66 Å². The van der Waals surface area contributed by atoms with E-state index in [1.165, 1.54) is 13.0 Å². The first kappa shape index (κ1) is 11.2. The SMILES string of the molecule is CC(C(=O)O)(C(=O)O)c1ccc(Br)s1. The predicted octanol–water partition coefficient (Wildman–Crippen LogP) is 1.94. The van der Waals surface area contributed by atoms with Crippen molar-refractivity contribution in [3.05, 3.63) is 20.8 Å². The molecule has 1 heterocycles. The van der Waals surface area contributed by atoms with Crippen LogP contribution in [0.15, 0.2) is 15.9 Å². The molecule has 0 saturated heterocycles. The summed E-state index contributed by atoms with van der Waals surface area (Å²) in [7, 11) is 0. The van der Waals surface area contributed by atoms with Crippen LogP contribution in [0.5, 0.6) is 0 Å². The zero-order valence-corrected chi connectivity index (χ0v) is 9.55. The molecule has 6 heteroatoms. The van der Waals surface area contributed by atoms with Crippen molar-refractivity contribution in [2.45, 2.75) is 12.3 Å². The molecule has 0 fully saturated rings. The number of thiophene rings is 1. The standard InChI is InChI=1S/C8H7BrO4S/c1-8(6(10)11,7(12)13)4-2-3-5(9)14-4/h2-3H,1H3,(H,10,11)(H,12,13). The molecule has 1 aromatic rings. The summed E-state index contributed by atoms with van der Waals surface area (Å²) in [5, 5.41) is 17.8. The van der Waals surface area contributed by atoms with E-state index in [4.69, 9.17) is 10.2 Å². The maximum Gasteiger partial charge on any atom is 0.326 e. The lowest BCUT2D eigenvalue weighted by molar-refractivity contribution is -0.156. The van der Waals surface area contributed by atoms with Crippen molar-refractivity contribution >= 4 is 39.2 Å².